The van der Waals surface area contributed by atoms with Crippen LogP contribution in [-0.2, 0) is 12.0 Å². The third kappa shape index (κ3) is 5.12. The molecule has 0 aliphatic carbocycles. The van der Waals surface area contributed by atoms with Gasteiger partial charge in [0.2, 0.25) is 0 Å². The standard InChI is InChI=1S/C16H24N3PS/c1-13(2)20(14(3)4)11-15-10-19(18-17-15)12-21-16-8-6-5-7-9-16/h5-10,13-14H,11-12H2,1-4H3. The highest BCUT2D eigenvalue weighted by atomic mass is 32.2. The lowest BCUT2D eigenvalue weighted by atomic mass is 10.4. The lowest BCUT2D eigenvalue weighted by Gasteiger charge is -2.24. The van der Waals surface area contributed by atoms with Crippen LogP contribution in [0.2, 0.25) is 0 Å². The van der Waals surface area contributed by atoms with Crippen molar-refractivity contribution in [1.82, 2.24) is 15.0 Å². The first kappa shape index (κ1) is 16.5. The van der Waals surface area contributed by atoms with Crippen LogP contribution in [0.5, 0.6) is 0 Å². The van der Waals surface area contributed by atoms with Gasteiger partial charge in [-0.25, -0.2) is 4.68 Å². The van der Waals surface area contributed by atoms with Crippen LogP contribution in [0, 0.1) is 0 Å². The van der Waals surface area contributed by atoms with Crippen LogP contribution in [0.3, 0.4) is 0 Å². The predicted molar refractivity (Wildman–Crippen MR) is 93.2 cm³/mol. The Bertz CT molecular complexity index is 531. The third-order valence-electron chi connectivity index (χ3n) is 3.36. The number of rotatable bonds is 7. The number of nitrogens with zero attached hydrogens (tertiary/aromatic N) is 3. The molecule has 0 atom stereocenters. The molecule has 2 aromatic rings. The minimum atomic E-state index is -0.0173. The molecule has 2 rings (SSSR count). The summed E-state index contributed by atoms with van der Waals surface area (Å²) in [4.78, 5) is 1.26. The molecular formula is C16H24N3PS. The third-order valence-corrected chi connectivity index (χ3v) is 7.71. The zero-order valence-electron chi connectivity index (χ0n) is 13.2. The second-order valence-electron chi connectivity index (χ2n) is 5.70. The van der Waals surface area contributed by atoms with Gasteiger partial charge in [0.05, 0.1) is 11.6 Å². The second kappa shape index (κ2) is 7.95. The van der Waals surface area contributed by atoms with Gasteiger partial charge in [-0.15, -0.1) is 16.9 Å². The van der Waals surface area contributed by atoms with Crippen molar-refractivity contribution in [3.63, 3.8) is 0 Å². The lowest BCUT2D eigenvalue weighted by Crippen LogP contribution is -2.05. The van der Waals surface area contributed by atoms with Crippen LogP contribution < -0.4 is 0 Å². The maximum absolute atomic E-state index is 4.35. The Morgan fingerprint density at radius 2 is 1.76 bits per heavy atom. The molecule has 1 aromatic carbocycles. The summed E-state index contributed by atoms with van der Waals surface area (Å²) in [6.07, 6.45) is 3.19. The fourth-order valence-corrected chi connectivity index (χ4v) is 5.48. The Balaban J connectivity index is 1.92. The maximum Gasteiger partial charge on any atom is 0.0927 e. The first-order chi connectivity index (χ1) is 10.1. The monoisotopic (exact) mass is 321 g/mol. The molecule has 0 aliphatic rings. The number of aromatic nitrogens is 3. The van der Waals surface area contributed by atoms with Crippen molar-refractivity contribution in [3.05, 3.63) is 42.2 Å². The van der Waals surface area contributed by atoms with Crippen LogP contribution in [-0.4, -0.2) is 26.3 Å². The van der Waals surface area contributed by atoms with Crippen molar-refractivity contribution >= 4 is 19.7 Å². The summed E-state index contributed by atoms with van der Waals surface area (Å²) >= 11 is 1.78. The van der Waals surface area contributed by atoms with Gasteiger partial charge >= 0.3 is 0 Å². The number of hydrogen-bond acceptors (Lipinski definition) is 3. The van der Waals surface area contributed by atoms with E-state index in [1.807, 2.05) is 10.7 Å². The number of benzene rings is 1. The van der Waals surface area contributed by atoms with Crippen molar-refractivity contribution < 1.29 is 0 Å². The normalized spacial score (nSPS) is 11.8. The summed E-state index contributed by atoms with van der Waals surface area (Å²) < 4.78 is 1.95. The minimum absolute atomic E-state index is 0.0173. The Morgan fingerprint density at radius 3 is 2.38 bits per heavy atom. The van der Waals surface area contributed by atoms with Gasteiger partial charge in [-0.2, -0.15) is 0 Å². The molecular weight excluding hydrogens is 297 g/mol. The molecule has 114 valence electrons. The van der Waals surface area contributed by atoms with E-state index in [0.29, 0.717) is 0 Å². The fraction of sp³-hybridized carbons (Fsp3) is 0.500. The van der Waals surface area contributed by atoms with Crippen molar-refractivity contribution in [2.24, 2.45) is 0 Å². The molecule has 0 N–H and O–H groups in total. The quantitative estimate of drug-likeness (QED) is 0.541. The number of thioether (sulfide) groups is 1. The molecule has 0 saturated heterocycles. The summed E-state index contributed by atoms with van der Waals surface area (Å²) in [6, 6.07) is 10.4. The molecule has 1 heterocycles. The van der Waals surface area contributed by atoms with E-state index in [4.69, 9.17) is 0 Å². The molecule has 0 bridgehead atoms. The van der Waals surface area contributed by atoms with Gasteiger partial charge in [0.15, 0.2) is 0 Å². The topological polar surface area (TPSA) is 30.7 Å². The van der Waals surface area contributed by atoms with Gasteiger partial charge in [0, 0.05) is 17.3 Å². The zero-order chi connectivity index (χ0) is 15.2. The SMILES string of the molecule is CC(C)P(Cc1cn(CSc2ccccc2)nn1)C(C)C. The predicted octanol–water partition coefficient (Wildman–Crippen LogP) is 4.83. The second-order valence-corrected chi connectivity index (χ2v) is 10.1. The van der Waals surface area contributed by atoms with E-state index in [-0.39, 0.29) is 7.92 Å². The molecule has 0 fully saturated rings. The summed E-state index contributed by atoms with van der Waals surface area (Å²) in [5.74, 6) is 0.818. The van der Waals surface area contributed by atoms with E-state index < -0.39 is 0 Å². The Hall–Kier alpha value is -0.860. The molecule has 0 radical (unpaired) electrons. The average Bonchev–Trinajstić information content (AvgIpc) is 2.91. The van der Waals surface area contributed by atoms with Gasteiger partial charge in [0.1, 0.15) is 0 Å². The van der Waals surface area contributed by atoms with Gasteiger partial charge in [-0.05, 0) is 23.5 Å². The summed E-state index contributed by atoms with van der Waals surface area (Å²) in [7, 11) is -0.0173. The van der Waals surface area contributed by atoms with E-state index >= 15 is 0 Å². The van der Waals surface area contributed by atoms with Crippen molar-refractivity contribution in [3.8, 4) is 0 Å². The van der Waals surface area contributed by atoms with Crippen LogP contribution in [0.4, 0.5) is 0 Å². The molecule has 1 aromatic heterocycles. The molecule has 0 unspecified atom stereocenters. The minimum Gasteiger partial charge on any atom is -0.242 e. The zero-order valence-corrected chi connectivity index (χ0v) is 14.9. The average molecular weight is 321 g/mol. The smallest absolute Gasteiger partial charge is 0.0927 e. The highest BCUT2D eigenvalue weighted by Crippen LogP contribution is 2.48. The van der Waals surface area contributed by atoms with E-state index in [1.165, 1.54) is 4.90 Å². The van der Waals surface area contributed by atoms with Crippen molar-refractivity contribution in [2.45, 2.75) is 55.9 Å². The van der Waals surface area contributed by atoms with Crippen LogP contribution in [0.25, 0.3) is 0 Å². The molecule has 0 aliphatic heterocycles. The van der Waals surface area contributed by atoms with Gasteiger partial charge in [-0.3, -0.25) is 0 Å². The highest BCUT2D eigenvalue weighted by Gasteiger charge is 2.18. The Morgan fingerprint density at radius 1 is 1.10 bits per heavy atom. The van der Waals surface area contributed by atoms with Crippen molar-refractivity contribution in [2.75, 3.05) is 0 Å². The van der Waals surface area contributed by atoms with E-state index in [2.05, 4.69) is 68.5 Å². The highest BCUT2D eigenvalue weighted by molar-refractivity contribution is 7.98. The van der Waals surface area contributed by atoms with Gasteiger partial charge in [0.25, 0.3) is 0 Å². The first-order valence-corrected chi connectivity index (χ1v) is 10.0. The molecule has 21 heavy (non-hydrogen) atoms. The lowest BCUT2D eigenvalue weighted by molar-refractivity contribution is 0.700. The van der Waals surface area contributed by atoms with E-state index in [9.17, 15) is 0 Å². The molecule has 0 spiro atoms. The Labute approximate surface area is 133 Å². The van der Waals surface area contributed by atoms with E-state index in [1.54, 1.807) is 11.8 Å². The summed E-state index contributed by atoms with van der Waals surface area (Å²) in [5.41, 5.74) is 2.62. The van der Waals surface area contributed by atoms with Crippen molar-refractivity contribution in [1.29, 1.82) is 0 Å². The first-order valence-electron chi connectivity index (χ1n) is 7.39. The Kier molecular flexibility index (Phi) is 6.25. The summed E-state index contributed by atoms with van der Waals surface area (Å²) in [6.45, 7) is 9.28. The molecule has 0 amide bonds. The van der Waals surface area contributed by atoms with Crippen LogP contribution >= 0.6 is 19.7 Å². The van der Waals surface area contributed by atoms with Gasteiger partial charge < -0.3 is 0 Å². The van der Waals surface area contributed by atoms with Crippen LogP contribution in [0.15, 0.2) is 41.4 Å². The number of hydrogen-bond donors (Lipinski definition) is 0. The maximum atomic E-state index is 4.35. The van der Waals surface area contributed by atoms with Crippen LogP contribution in [0.1, 0.15) is 33.4 Å². The molecule has 3 nitrogen and oxygen atoms in total. The molecule has 5 heteroatoms. The largest absolute Gasteiger partial charge is 0.242 e. The summed E-state index contributed by atoms with van der Waals surface area (Å²) in [5, 5.41) is 8.61. The fourth-order valence-electron chi connectivity index (χ4n) is 2.28. The van der Waals surface area contributed by atoms with E-state index in [0.717, 1.165) is 29.1 Å². The molecule has 0 saturated carbocycles. The van der Waals surface area contributed by atoms with Gasteiger partial charge in [-0.1, -0.05) is 59.0 Å².